The first kappa shape index (κ1) is 12.4. The van der Waals surface area contributed by atoms with E-state index in [1.807, 2.05) is 12.1 Å². The molecule has 0 atom stereocenters. The minimum absolute atomic E-state index is 0.370. The summed E-state index contributed by atoms with van der Waals surface area (Å²) < 4.78 is 5.52. The van der Waals surface area contributed by atoms with Crippen LogP contribution in [-0.4, -0.2) is 17.1 Å². The molecule has 0 bridgehead atoms. The fourth-order valence-electron chi connectivity index (χ4n) is 1.63. The molecule has 0 saturated carbocycles. The molecule has 1 aromatic heterocycles. The molecule has 0 radical (unpaired) electrons. The summed E-state index contributed by atoms with van der Waals surface area (Å²) in [6.07, 6.45) is 0. The van der Waals surface area contributed by atoms with E-state index >= 15 is 0 Å². The minimum atomic E-state index is 0.370. The average molecular weight is 257 g/mol. The smallest absolute Gasteiger partial charge is 0.134 e. The molecule has 1 aromatic carbocycles. The van der Waals surface area contributed by atoms with Crippen molar-refractivity contribution in [2.45, 2.75) is 6.61 Å². The lowest BCUT2D eigenvalue weighted by molar-refractivity contribution is 0.177. The van der Waals surface area contributed by atoms with E-state index in [4.69, 9.17) is 22.2 Å². The summed E-state index contributed by atoms with van der Waals surface area (Å²) in [7, 11) is 1.60. The van der Waals surface area contributed by atoms with E-state index in [0.717, 1.165) is 11.3 Å². The van der Waals surface area contributed by atoms with Gasteiger partial charge in [-0.3, -0.25) is 0 Å². The van der Waals surface area contributed by atoms with Gasteiger partial charge in [-0.15, -0.1) is 0 Å². The maximum Gasteiger partial charge on any atom is 0.134 e. The summed E-state index contributed by atoms with van der Waals surface area (Å²) >= 11 is 5.11. The number of methoxy groups -OCH3 is 1. The summed E-state index contributed by atoms with van der Waals surface area (Å²) in [6, 6.07) is 11.2. The van der Waals surface area contributed by atoms with Crippen molar-refractivity contribution in [2.75, 3.05) is 7.11 Å². The molecular weight excluding hydrogens is 246 g/mol. The van der Waals surface area contributed by atoms with Crippen molar-refractivity contribution in [3.05, 3.63) is 46.4 Å². The van der Waals surface area contributed by atoms with Crippen LogP contribution in [0.2, 0.25) is 0 Å². The van der Waals surface area contributed by atoms with Gasteiger partial charge in [0.1, 0.15) is 17.1 Å². The summed E-state index contributed by atoms with van der Waals surface area (Å²) in [5.41, 5.74) is 2.34. The van der Waals surface area contributed by atoms with Crippen molar-refractivity contribution in [3.8, 4) is 17.3 Å². The molecule has 2 rings (SSSR count). The zero-order valence-electron chi connectivity index (χ0n) is 9.80. The van der Waals surface area contributed by atoms with Crippen molar-refractivity contribution < 1.29 is 4.74 Å². The van der Waals surface area contributed by atoms with E-state index in [-0.39, 0.29) is 0 Å². The first-order valence-electron chi connectivity index (χ1n) is 5.32. The second-order valence-electron chi connectivity index (χ2n) is 3.71. The number of hydrogen-bond acceptors (Lipinski definition) is 4. The largest absolute Gasteiger partial charge is 0.377 e. The number of nitrogens with one attached hydrogen (secondary N) is 1. The Bertz CT molecular complexity index is 658. The third-order valence-corrected chi connectivity index (χ3v) is 2.58. The number of benzene rings is 1. The third kappa shape index (κ3) is 2.80. The van der Waals surface area contributed by atoms with Gasteiger partial charge in [-0.2, -0.15) is 5.26 Å². The van der Waals surface area contributed by atoms with Gasteiger partial charge >= 0.3 is 0 Å². The monoisotopic (exact) mass is 257 g/mol. The zero-order valence-corrected chi connectivity index (χ0v) is 10.6. The highest BCUT2D eigenvalue weighted by Crippen LogP contribution is 2.18. The van der Waals surface area contributed by atoms with Crippen LogP contribution in [0.15, 0.2) is 30.3 Å². The molecule has 1 N–H and O–H groups in total. The van der Waals surface area contributed by atoms with Gasteiger partial charge in [-0.1, -0.05) is 24.4 Å². The SMILES string of the molecule is COCc1nc(=S)cc(-c2cccc(C#N)c2)[nH]1. The van der Waals surface area contributed by atoms with Crippen molar-refractivity contribution in [2.24, 2.45) is 0 Å². The maximum absolute atomic E-state index is 8.89. The first-order chi connectivity index (χ1) is 8.72. The Labute approximate surface area is 110 Å². The standard InChI is InChI=1S/C13H11N3OS/c1-17-8-12-15-11(6-13(18)16-12)10-4-2-3-9(5-10)7-14/h2-6H,8H2,1H3,(H,15,16,18). The molecule has 5 heteroatoms. The van der Waals surface area contributed by atoms with Crippen LogP contribution < -0.4 is 0 Å². The van der Waals surface area contributed by atoms with Gasteiger partial charge in [0, 0.05) is 12.8 Å². The van der Waals surface area contributed by atoms with Gasteiger partial charge < -0.3 is 9.72 Å². The number of ether oxygens (including phenoxy) is 1. The van der Waals surface area contributed by atoms with Crippen molar-refractivity contribution in [1.29, 1.82) is 5.26 Å². The van der Waals surface area contributed by atoms with Gasteiger partial charge in [0.25, 0.3) is 0 Å². The lowest BCUT2D eigenvalue weighted by Crippen LogP contribution is -1.98. The van der Waals surface area contributed by atoms with Crippen molar-refractivity contribution >= 4 is 12.2 Å². The van der Waals surface area contributed by atoms with Crippen LogP contribution in [0, 0.1) is 16.0 Å². The Morgan fingerprint density at radius 1 is 1.44 bits per heavy atom. The van der Waals surface area contributed by atoms with Crippen molar-refractivity contribution in [3.63, 3.8) is 0 Å². The van der Waals surface area contributed by atoms with Crippen LogP contribution in [0.4, 0.5) is 0 Å². The van der Waals surface area contributed by atoms with E-state index in [1.165, 1.54) is 0 Å². The Kier molecular flexibility index (Phi) is 3.82. The number of aromatic amines is 1. The van der Waals surface area contributed by atoms with Crippen LogP contribution >= 0.6 is 12.2 Å². The van der Waals surface area contributed by atoms with E-state index in [2.05, 4.69) is 16.0 Å². The summed E-state index contributed by atoms with van der Waals surface area (Å²) in [5, 5.41) is 8.89. The lowest BCUT2D eigenvalue weighted by atomic mass is 10.1. The summed E-state index contributed by atoms with van der Waals surface area (Å²) in [4.78, 5) is 7.30. The van der Waals surface area contributed by atoms with Gasteiger partial charge in [-0.25, -0.2) is 4.98 Å². The number of nitrogens with zero attached hydrogens (tertiary/aromatic N) is 2. The summed E-state index contributed by atoms with van der Waals surface area (Å²) in [5.74, 6) is 0.669. The normalized spacial score (nSPS) is 10.0. The molecule has 0 saturated heterocycles. The molecule has 0 aliphatic rings. The predicted molar refractivity (Wildman–Crippen MR) is 70.3 cm³/mol. The second kappa shape index (κ2) is 5.54. The molecule has 0 unspecified atom stereocenters. The highest BCUT2D eigenvalue weighted by Gasteiger charge is 2.03. The van der Waals surface area contributed by atoms with E-state index in [9.17, 15) is 0 Å². The fraction of sp³-hybridized carbons (Fsp3) is 0.154. The van der Waals surface area contributed by atoms with Crippen LogP contribution in [0.3, 0.4) is 0 Å². The summed E-state index contributed by atoms with van der Waals surface area (Å²) in [6.45, 7) is 0.370. The highest BCUT2D eigenvalue weighted by atomic mass is 32.1. The lowest BCUT2D eigenvalue weighted by Gasteiger charge is -2.05. The van der Waals surface area contributed by atoms with E-state index in [1.54, 1.807) is 25.3 Å². The topological polar surface area (TPSA) is 61.7 Å². The van der Waals surface area contributed by atoms with E-state index in [0.29, 0.717) is 22.6 Å². The van der Waals surface area contributed by atoms with Crippen LogP contribution in [0.1, 0.15) is 11.4 Å². The van der Waals surface area contributed by atoms with Crippen LogP contribution in [0.5, 0.6) is 0 Å². The van der Waals surface area contributed by atoms with Gasteiger partial charge in [-0.05, 0) is 23.8 Å². The quantitative estimate of drug-likeness (QED) is 0.859. The Morgan fingerprint density at radius 2 is 2.28 bits per heavy atom. The molecule has 90 valence electrons. The molecule has 0 spiro atoms. The molecule has 0 aliphatic carbocycles. The number of aromatic nitrogens is 2. The Morgan fingerprint density at radius 3 is 3.00 bits per heavy atom. The molecule has 0 aliphatic heterocycles. The Balaban J connectivity index is 2.50. The molecule has 0 fully saturated rings. The number of rotatable bonds is 3. The number of hydrogen-bond donors (Lipinski definition) is 1. The minimum Gasteiger partial charge on any atom is -0.377 e. The maximum atomic E-state index is 8.89. The average Bonchev–Trinajstić information content (AvgIpc) is 2.38. The number of nitriles is 1. The highest BCUT2D eigenvalue weighted by molar-refractivity contribution is 7.71. The van der Waals surface area contributed by atoms with Crippen molar-refractivity contribution in [1.82, 2.24) is 9.97 Å². The molecule has 2 aromatic rings. The Hall–Kier alpha value is -2.03. The second-order valence-corrected chi connectivity index (χ2v) is 4.12. The molecule has 1 heterocycles. The number of H-pyrrole nitrogens is 1. The molecular formula is C13H11N3OS. The molecule has 4 nitrogen and oxygen atoms in total. The zero-order chi connectivity index (χ0) is 13.0. The predicted octanol–water partition coefficient (Wildman–Crippen LogP) is 2.82. The fourth-order valence-corrected chi connectivity index (χ4v) is 1.85. The third-order valence-electron chi connectivity index (χ3n) is 2.38. The first-order valence-corrected chi connectivity index (χ1v) is 5.73. The molecule has 18 heavy (non-hydrogen) atoms. The van der Waals surface area contributed by atoms with Crippen LogP contribution in [-0.2, 0) is 11.3 Å². The van der Waals surface area contributed by atoms with Crippen LogP contribution in [0.25, 0.3) is 11.3 Å². The van der Waals surface area contributed by atoms with Gasteiger partial charge in [0.15, 0.2) is 0 Å². The molecule has 0 amide bonds. The van der Waals surface area contributed by atoms with E-state index < -0.39 is 0 Å². The van der Waals surface area contributed by atoms with Gasteiger partial charge in [0.2, 0.25) is 0 Å². The van der Waals surface area contributed by atoms with Gasteiger partial charge in [0.05, 0.1) is 11.6 Å².